The Morgan fingerprint density at radius 1 is 1.24 bits per heavy atom. The van der Waals surface area contributed by atoms with Crippen molar-refractivity contribution in [1.82, 2.24) is 20.2 Å². The minimum absolute atomic E-state index is 0.189. The molecule has 1 heterocycles. The van der Waals surface area contributed by atoms with Gasteiger partial charge < -0.3 is 4.57 Å². The van der Waals surface area contributed by atoms with Crippen LogP contribution in [-0.2, 0) is 11.3 Å². The highest BCUT2D eigenvalue weighted by Gasteiger charge is 2.14. The van der Waals surface area contributed by atoms with Crippen molar-refractivity contribution < 1.29 is 4.79 Å². The fourth-order valence-electron chi connectivity index (χ4n) is 2.58. The van der Waals surface area contributed by atoms with E-state index in [0.717, 1.165) is 27.1 Å². The summed E-state index contributed by atoms with van der Waals surface area (Å²) in [6.45, 7) is 4.55. The maximum Gasteiger partial charge on any atom is 0.250 e. The summed E-state index contributed by atoms with van der Waals surface area (Å²) in [5.74, 6) is 0.729. The average Bonchev–Trinajstić information content (AvgIpc) is 3.14. The van der Waals surface area contributed by atoms with Gasteiger partial charge in [-0.25, -0.2) is 5.43 Å². The van der Waals surface area contributed by atoms with Crippen LogP contribution in [-0.4, -0.2) is 32.1 Å². The number of rotatable bonds is 7. The number of carbonyl (C=O) groups excluding carboxylic acids is 1. The predicted octanol–water partition coefficient (Wildman–Crippen LogP) is 5.01. The van der Waals surface area contributed by atoms with E-state index in [0.29, 0.717) is 16.7 Å². The van der Waals surface area contributed by atoms with E-state index in [1.807, 2.05) is 66.9 Å². The van der Waals surface area contributed by atoms with E-state index in [1.165, 1.54) is 11.8 Å². The molecular weight excluding hydrogens is 474 g/mol. The third-order valence-corrected chi connectivity index (χ3v) is 5.77. The molecule has 0 radical (unpaired) electrons. The molecule has 0 unspecified atom stereocenters. The molecule has 6 nitrogen and oxygen atoms in total. The molecule has 0 fully saturated rings. The minimum atomic E-state index is -0.206. The molecule has 3 aromatic rings. The van der Waals surface area contributed by atoms with E-state index in [9.17, 15) is 4.79 Å². The Morgan fingerprint density at radius 2 is 2.00 bits per heavy atom. The van der Waals surface area contributed by atoms with Crippen molar-refractivity contribution in [3.05, 3.63) is 63.6 Å². The molecule has 0 spiro atoms. The first-order valence-corrected chi connectivity index (χ1v) is 11.0. The van der Waals surface area contributed by atoms with Crippen molar-refractivity contribution in [2.75, 3.05) is 5.75 Å². The number of aromatic nitrogens is 3. The van der Waals surface area contributed by atoms with Crippen LogP contribution in [0, 0.1) is 0 Å². The molecule has 0 aliphatic heterocycles. The molecule has 150 valence electrons. The molecule has 1 amide bonds. The van der Waals surface area contributed by atoms with Gasteiger partial charge in [-0.1, -0.05) is 51.4 Å². The minimum Gasteiger partial charge on any atom is -0.302 e. The maximum absolute atomic E-state index is 12.2. The lowest BCUT2D eigenvalue weighted by Gasteiger charge is -2.07. The summed E-state index contributed by atoms with van der Waals surface area (Å²) < 4.78 is 2.93. The highest BCUT2D eigenvalue weighted by Crippen LogP contribution is 2.25. The summed E-state index contributed by atoms with van der Waals surface area (Å²) in [7, 11) is 0. The van der Waals surface area contributed by atoms with Crippen LogP contribution < -0.4 is 5.43 Å². The number of hydrogen-bond donors (Lipinski definition) is 1. The van der Waals surface area contributed by atoms with Gasteiger partial charge in [-0.3, -0.25) is 4.79 Å². The molecule has 29 heavy (non-hydrogen) atoms. The number of nitrogens with one attached hydrogen (secondary N) is 1. The quantitative estimate of drug-likeness (QED) is 0.286. The van der Waals surface area contributed by atoms with Crippen molar-refractivity contribution in [3.8, 4) is 11.4 Å². The number of carbonyl (C=O) groups is 1. The molecule has 0 atom stereocenters. The fourth-order valence-corrected chi connectivity index (χ4v) is 3.90. The van der Waals surface area contributed by atoms with Crippen molar-refractivity contribution >= 4 is 50.9 Å². The topological polar surface area (TPSA) is 72.2 Å². The van der Waals surface area contributed by atoms with E-state index in [2.05, 4.69) is 36.7 Å². The van der Waals surface area contributed by atoms with Crippen LogP contribution in [0.4, 0.5) is 0 Å². The predicted molar refractivity (Wildman–Crippen MR) is 121 cm³/mol. The molecule has 3 rings (SSSR count). The third-order valence-electron chi connectivity index (χ3n) is 4.06. The van der Waals surface area contributed by atoms with Gasteiger partial charge in [0, 0.05) is 21.6 Å². The smallest absolute Gasteiger partial charge is 0.250 e. The van der Waals surface area contributed by atoms with Crippen LogP contribution in [0.2, 0.25) is 5.02 Å². The van der Waals surface area contributed by atoms with Gasteiger partial charge in [0.15, 0.2) is 11.0 Å². The molecule has 1 N–H and O–H groups in total. The fraction of sp³-hybridized carbons (Fsp3) is 0.200. The summed E-state index contributed by atoms with van der Waals surface area (Å²) in [6.07, 6.45) is 0. The van der Waals surface area contributed by atoms with Gasteiger partial charge >= 0.3 is 0 Å². The van der Waals surface area contributed by atoms with Crippen LogP contribution in [0.3, 0.4) is 0 Å². The van der Waals surface area contributed by atoms with Crippen molar-refractivity contribution in [1.29, 1.82) is 0 Å². The Morgan fingerprint density at radius 3 is 2.69 bits per heavy atom. The van der Waals surface area contributed by atoms with E-state index in [4.69, 9.17) is 11.6 Å². The number of benzene rings is 2. The van der Waals surface area contributed by atoms with Gasteiger partial charge in [0.05, 0.1) is 11.5 Å². The second-order valence-electron chi connectivity index (χ2n) is 6.09. The zero-order valence-corrected chi connectivity index (χ0v) is 19.1. The molecule has 2 aromatic carbocycles. The number of thioether (sulfide) groups is 1. The standard InChI is InChI=1S/C20H19BrClN5OS/c1-3-27-19(14-7-9-17(22)10-8-14)25-26-20(27)29-12-18(28)24-23-13(2)15-5-4-6-16(21)11-15/h4-11H,3,12H2,1-2H3,(H,24,28)/b23-13-. The van der Waals surface area contributed by atoms with Crippen LogP contribution >= 0.6 is 39.3 Å². The summed E-state index contributed by atoms with van der Waals surface area (Å²) in [6, 6.07) is 15.2. The van der Waals surface area contributed by atoms with Gasteiger partial charge in [0.2, 0.25) is 0 Å². The van der Waals surface area contributed by atoms with Gasteiger partial charge in [0.25, 0.3) is 5.91 Å². The van der Waals surface area contributed by atoms with Crippen molar-refractivity contribution in [2.45, 2.75) is 25.5 Å². The van der Waals surface area contributed by atoms with Crippen LogP contribution in [0.25, 0.3) is 11.4 Å². The first kappa shape index (κ1) is 21.5. The van der Waals surface area contributed by atoms with Gasteiger partial charge in [-0.2, -0.15) is 5.10 Å². The summed E-state index contributed by atoms with van der Waals surface area (Å²) in [4.78, 5) is 12.2. The van der Waals surface area contributed by atoms with Crippen LogP contribution in [0.1, 0.15) is 19.4 Å². The Labute approximate surface area is 186 Å². The van der Waals surface area contributed by atoms with Crippen LogP contribution in [0.5, 0.6) is 0 Å². The molecule has 0 bridgehead atoms. The van der Waals surface area contributed by atoms with Gasteiger partial charge in [-0.15, -0.1) is 10.2 Å². The van der Waals surface area contributed by atoms with E-state index < -0.39 is 0 Å². The largest absolute Gasteiger partial charge is 0.302 e. The summed E-state index contributed by atoms with van der Waals surface area (Å²) in [5.41, 5.74) is 5.18. The van der Waals surface area contributed by atoms with Crippen molar-refractivity contribution in [2.24, 2.45) is 5.10 Å². The Balaban J connectivity index is 1.63. The molecular formula is C20H19BrClN5OS. The molecule has 0 saturated heterocycles. The molecule has 9 heteroatoms. The monoisotopic (exact) mass is 491 g/mol. The molecule has 0 saturated carbocycles. The number of hydrogen-bond acceptors (Lipinski definition) is 5. The van der Waals surface area contributed by atoms with E-state index in [-0.39, 0.29) is 11.7 Å². The normalized spacial score (nSPS) is 11.5. The number of amides is 1. The average molecular weight is 493 g/mol. The lowest BCUT2D eigenvalue weighted by atomic mass is 10.1. The molecule has 0 aliphatic rings. The molecule has 0 aliphatic carbocycles. The van der Waals surface area contributed by atoms with Crippen molar-refractivity contribution in [3.63, 3.8) is 0 Å². The highest BCUT2D eigenvalue weighted by atomic mass is 79.9. The Hall–Kier alpha value is -2.16. The van der Waals surface area contributed by atoms with E-state index in [1.54, 1.807) is 0 Å². The first-order chi connectivity index (χ1) is 14.0. The zero-order valence-electron chi connectivity index (χ0n) is 15.9. The molecule has 1 aromatic heterocycles. The van der Waals surface area contributed by atoms with Gasteiger partial charge in [-0.05, 0) is 55.8 Å². The summed E-state index contributed by atoms with van der Waals surface area (Å²) in [5, 5.41) is 14.0. The lowest BCUT2D eigenvalue weighted by molar-refractivity contribution is -0.118. The van der Waals surface area contributed by atoms with E-state index >= 15 is 0 Å². The highest BCUT2D eigenvalue weighted by molar-refractivity contribution is 9.10. The first-order valence-electron chi connectivity index (χ1n) is 8.89. The second-order valence-corrected chi connectivity index (χ2v) is 8.38. The summed E-state index contributed by atoms with van der Waals surface area (Å²) >= 11 is 10.7. The maximum atomic E-state index is 12.2. The Bertz CT molecular complexity index is 1040. The zero-order chi connectivity index (χ0) is 20.8. The Kier molecular flexibility index (Phi) is 7.46. The second kappa shape index (κ2) is 10.0. The third kappa shape index (κ3) is 5.68. The van der Waals surface area contributed by atoms with Crippen LogP contribution in [0.15, 0.2) is 63.3 Å². The number of nitrogens with zero attached hydrogens (tertiary/aromatic N) is 4. The van der Waals surface area contributed by atoms with Gasteiger partial charge in [0.1, 0.15) is 0 Å². The number of hydrazone groups is 1. The SMILES string of the molecule is CCn1c(SCC(=O)N/N=C(/C)c2cccc(Br)c2)nnc1-c1ccc(Cl)cc1. The lowest BCUT2D eigenvalue weighted by Crippen LogP contribution is -2.21. The number of halogens is 2.